The third-order valence-corrected chi connectivity index (χ3v) is 3.80. The van der Waals surface area contributed by atoms with Crippen LogP contribution in [0.15, 0.2) is 36.4 Å². The summed E-state index contributed by atoms with van der Waals surface area (Å²) in [6.07, 6.45) is 3.45. The normalized spacial score (nSPS) is 11.8. The summed E-state index contributed by atoms with van der Waals surface area (Å²) in [6, 6.07) is 11.5. The molecule has 1 heterocycles. The van der Waals surface area contributed by atoms with Crippen LogP contribution in [0.1, 0.15) is 61.0 Å². The fourth-order valence-electron chi connectivity index (χ4n) is 2.46. The predicted octanol–water partition coefficient (Wildman–Crippen LogP) is 3.88. The molecule has 0 aliphatic heterocycles. The lowest BCUT2D eigenvalue weighted by atomic mass is 10.1. The Morgan fingerprint density at radius 2 is 1.92 bits per heavy atom. The average molecular weight is 326 g/mol. The highest BCUT2D eigenvalue weighted by atomic mass is 16.1. The van der Waals surface area contributed by atoms with Crippen LogP contribution in [0.5, 0.6) is 0 Å². The lowest BCUT2D eigenvalue weighted by Gasteiger charge is -2.14. The Labute approximate surface area is 143 Å². The van der Waals surface area contributed by atoms with Crippen molar-refractivity contribution in [3.8, 4) is 0 Å². The summed E-state index contributed by atoms with van der Waals surface area (Å²) in [6.45, 7) is 6.79. The van der Waals surface area contributed by atoms with Gasteiger partial charge in [0.05, 0.1) is 6.04 Å². The van der Waals surface area contributed by atoms with Crippen LogP contribution in [-0.2, 0) is 0 Å². The molecule has 1 aromatic heterocycles. The van der Waals surface area contributed by atoms with E-state index in [1.807, 2.05) is 37.3 Å². The molecule has 0 aliphatic carbocycles. The summed E-state index contributed by atoms with van der Waals surface area (Å²) in [5.41, 5.74) is 1.46. The van der Waals surface area contributed by atoms with Crippen LogP contribution >= 0.6 is 0 Å². The van der Waals surface area contributed by atoms with E-state index in [2.05, 4.69) is 27.5 Å². The van der Waals surface area contributed by atoms with Crippen LogP contribution in [0.4, 0.5) is 5.82 Å². The molecule has 2 rings (SSSR count). The zero-order chi connectivity index (χ0) is 17.4. The van der Waals surface area contributed by atoms with Crippen molar-refractivity contribution in [1.29, 1.82) is 0 Å². The second-order valence-electron chi connectivity index (χ2n) is 5.93. The summed E-state index contributed by atoms with van der Waals surface area (Å²) in [7, 11) is 0. The van der Waals surface area contributed by atoms with Gasteiger partial charge < -0.3 is 10.6 Å². The van der Waals surface area contributed by atoms with E-state index in [-0.39, 0.29) is 11.9 Å². The average Bonchev–Trinajstić information content (AvgIpc) is 2.59. The quantitative estimate of drug-likeness (QED) is 0.723. The smallest absolute Gasteiger partial charge is 0.270 e. The van der Waals surface area contributed by atoms with Gasteiger partial charge in [-0.3, -0.25) is 4.79 Å². The van der Waals surface area contributed by atoms with E-state index in [1.165, 1.54) is 12.8 Å². The maximum absolute atomic E-state index is 12.5. The number of aromatic nitrogens is 2. The number of anilines is 1. The second-order valence-corrected chi connectivity index (χ2v) is 5.93. The van der Waals surface area contributed by atoms with Gasteiger partial charge in [-0.1, -0.05) is 50.1 Å². The number of nitrogens with zero attached hydrogens (tertiary/aromatic N) is 2. The molecular weight excluding hydrogens is 300 g/mol. The first-order chi connectivity index (χ1) is 11.6. The van der Waals surface area contributed by atoms with E-state index in [0.717, 1.165) is 18.5 Å². The van der Waals surface area contributed by atoms with Crippen molar-refractivity contribution < 1.29 is 4.79 Å². The fourth-order valence-corrected chi connectivity index (χ4v) is 2.46. The standard InChI is InChI=1S/C19H26N4O/c1-4-5-9-12-20-18-13-17(22-15(3)23-18)19(24)21-14(2)16-10-7-6-8-11-16/h6-8,10-11,13-14H,4-5,9,12H2,1-3H3,(H,21,24)(H,20,22,23). The zero-order valence-electron chi connectivity index (χ0n) is 14.7. The van der Waals surface area contributed by atoms with Crippen molar-refractivity contribution in [3.05, 3.63) is 53.5 Å². The number of carbonyl (C=O) groups is 1. The number of carbonyl (C=O) groups excluding carboxylic acids is 1. The minimum Gasteiger partial charge on any atom is -0.370 e. The minimum absolute atomic E-state index is 0.0741. The number of hydrogen-bond donors (Lipinski definition) is 2. The molecule has 5 nitrogen and oxygen atoms in total. The maximum atomic E-state index is 12.5. The monoisotopic (exact) mass is 326 g/mol. The molecule has 1 unspecified atom stereocenters. The molecule has 0 saturated carbocycles. The zero-order valence-corrected chi connectivity index (χ0v) is 14.7. The topological polar surface area (TPSA) is 66.9 Å². The van der Waals surface area contributed by atoms with Crippen molar-refractivity contribution in [1.82, 2.24) is 15.3 Å². The van der Waals surface area contributed by atoms with Crippen molar-refractivity contribution in [3.63, 3.8) is 0 Å². The van der Waals surface area contributed by atoms with Crippen molar-refractivity contribution in [2.24, 2.45) is 0 Å². The third kappa shape index (κ3) is 5.33. The molecule has 0 spiro atoms. The highest BCUT2D eigenvalue weighted by Crippen LogP contribution is 2.13. The van der Waals surface area contributed by atoms with Crippen molar-refractivity contribution in [2.75, 3.05) is 11.9 Å². The van der Waals surface area contributed by atoms with Crippen molar-refractivity contribution >= 4 is 11.7 Å². The molecule has 5 heteroatoms. The second kappa shape index (κ2) is 9.01. The van der Waals surface area contributed by atoms with Crippen LogP contribution in [0.2, 0.25) is 0 Å². The molecule has 0 saturated heterocycles. The maximum Gasteiger partial charge on any atom is 0.270 e. The van der Waals surface area contributed by atoms with Gasteiger partial charge in [-0.15, -0.1) is 0 Å². The first kappa shape index (κ1) is 17.9. The van der Waals surface area contributed by atoms with Gasteiger partial charge in [0.25, 0.3) is 5.91 Å². The summed E-state index contributed by atoms with van der Waals surface area (Å²) in [5, 5.41) is 6.26. The van der Waals surface area contributed by atoms with Gasteiger partial charge in [-0.25, -0.2) is 9.97 Å². The van der Waals surface area contributed by atoms with Gasteiger partial charge in [0.1, 0.15) is 17.3 Å². The molecule has 1 aromatic carbocycles. The van der Waals surface area contributed by atoms with E-state index in [9.17, 15) is 4.79 Å². The summed E-state index contributed by atoms with van der Waals surface area (Å²) >= 11 is 0. The largest absolute Gasteiger partial charge is 0.370 e. The Kier molecular flexibility index (Phi) is 6.73. The lowest BCUT2D eigenvalue weighted by molar-refractivity contribution is 0.0934. The predicted molar refractivity (Wildman–Crippen MR) is 97.1 cm³/mol. The van der Waals surface area contributed by atoms with Gasteiger partial charge in [0.2, 0.25) is 0 Å². The molecule has 1 atom stereocenters. The molecule has 0 aliphatic rings. The fraction of sp³-hybridized carbons (Fsp3) is 0.421. The Morgan fingerprint density at radius 3 is 2.62 bits per heavy atom. The van der Waals surface area contributed by atoms with Crippen LogP contribution in [0.3, 0.4) is 0 Å². The van der Waals surface area contributed by atoms with E-state index in [1.54, 1.807) is 13.0 Å². The lowest BCUT2D eigenvalue weighted by Crippen LogP contribution is -2.28. The third-order valence-electron chi connectivity index (χ3n) is 3.80. The molecule has 128 valence electrons. The van der Waals surface area contributed by atoms with Crippen LogP contribution in [-0.4, -0.2) is 22.4 Å². The summed E-state index contributed by atoms with van der Waals surface area (Å²) in [4.78, 5) is 21.1. The molecule has 0 radical (unpaired) electrons. The molecular formula is C19H26N4O. The molecule has 24 heavy (non-hydrogen) atoms. The minimum atomic E-state index is -0.187. The first-order valence-corrected chi connectivity index (χ1v) is 8.55. The van der Waals surface area contributed by atoms with Crippen molar-refractivity contribution in [2.45, 2.75) is 46.1 Å². The molecule has 0 fully saturated rings. The summed E-state index contributed by atoms with van der Waals surface area (Å²) < 4.78 is 0. The molecule has 0 bridgehead atoms. The Morgan fingerprint density at radius 1 is 1.17 bits per heavy atom. The number of amides is 1. The number of hydrogen-bond acceptors (Lipinski definition) is 4. The SMILES string of the molecule is CCCCCNc1cc(C(=O)NC(C)c2ccccc2)nc(C)n1. The van der Waals surface area contributed by atoms with Crippen LogP contribution in [0.25, 0.3) is 0 Å². The van der Waals surface area contributed by atoms with Crippen LogP contribution < -0.4 is 10.6 Å². The van der Waals surface area contributed by atoms with Gasteiger partial charge in [0.15, 0.2) is 0 Å². The van der Waals surface area contributed by atoms with E-state index < -0.39 is 0 Å². The Bertz CT molecular complexity index is 658. The van der Waals surface area contributed by atoms with E-state index in [4.69, 9.17) is 0 Å². The Balaban J connectivity index is 2.02. The Hall–Kier alpha value is -2.43. The van der Waals surface area contributed by atoms with Gasteiger partial charge in [-0.2, -0.15) is 0 Å². The van der Waals surface area contributed by atoms with Crippen LogP contribution in [0, 0.1) is 6.92 Å². The van der Waals surface area contributed by atoms with Gasteiger partial charge >= 0.3 is 0 Å². The number of rotatable bonds is 8. The highest BCUT2D eigenvalue weighted by Gasteiger charge is 2.14. The molecule has 1 amide bonds. The van der Waals surface area contributed by atoms with Gasteiger partial charge in [-0.05, 0) is 25.8 Å². The number of aryl methyl sites for hydroxylation is 1. The first-order valence-electron chi connectivity index (χ1n) is 8.55. The summed E-state index contributed by atoms with van der Waals surface area (Å²) in [5.74, 6) is 1.11. The molecule has 2 aromatic rings. The van der Waals surface area contributed by atoms with Gasteiger partial charge in [0, 0.05) is 12.6 Å². The number of unbranched alkanes of at least 4 members (excludes halogenated alkanes) is 2. The molecule has 2 N–H and O–H groups in total. The van der Waals surface area contributed by atoms with E-state index in [0.29, 0.717) is 17.3 Å². The number of benzene rings is 1. The van der Waals surface area contributed by atoms with E-state index >= 15 is 0 Å². The number of nitrogens with one attached hydrogen (secondary N) is 2. The highest BCUT2D eigenvalue weighted by molar-refractivity contribution is 5.93.